The van der Waals surface area contributed by atoms with Gasteiger partial charge >= 0.3 is 0 Å². The van der Waals surface area contributed by atoms with Gasteiger partial charge in [0.05, 0.1) is 12.6 Å². The molecule has 0 heterocycles. The fraction of sp³-hybridized carbons (Fsp3) is 0.294. The van der Waals surface area contributed by atoms with Crippen LogP contribution in [0.4, 0.5) is 0 Å². The molecule has 0 saturated heterocycles. The average molecular weight is 271 g/mol. The molecule has 0 spiro atoms. The molecule has 0 saturated carbocycles. The Morgan fingerprint density at radius 3 is 2.00 bits per heavy atom. The first-order valence-electron chi connectivity index (χ1n) is 6.83. The summed E-state index contributed by atoms with van der Waals surface area (Å²) in [5.74, 6) is 0. The van der Waals surface area contributed by atoms with Gasteiger partial charge in [0.2, 0.25) is 0 Å². The van der Waals surface area contributed by atoms with E-state index in [-0.39, 0.29) is 18.8 Å². The van der Waals surface area contributed by atoms with E-state index in [0.29, 0.717) is 6.54 Å². The van der Waals surface area contributed by atoms with Crippen molar-refractivity contribution >= 4 is 0 Å². The lowest BCUT2D eigenvalue weighted by Crippen LogP contribution is -2.30. The summed E-state index contributed by atoms with van der Waals surface area (Å²) in [6.45, 7) is 0.640. The first kappa shape index (κ1) is 14.7. The molecule has 0 aliphatic carbocycles. The molecule has 3 heteroatoms. The zero-order valence-electron chi connectivity index (χ0n) is 11.7. The Morgan fingerprint density at radius 1 is 0.950 bits per heavy atom. The van der Waals surface area contributed by atoms with Crippen LogP contribution in [0.3, 0.4) is 0 Å². The van der Waals surface area contributed by atoms with E-state index in [4.69, 9.17) is 9.84 Å². The molecular formula is C17H21NO2. The predicted molar refractivity (Wildman–Crippen MR) is 80.5 cm³/mol. The van der Waals surface area contributed by atoms with Crippen LogP contribution in [0.25, 0.3) is 0 Å². The van der Waals surface area contributed by atoms with Crippen molar-refractivity contribution < 1.29 is 9.84 Å². The highest BCUT2D eigenvalue weighted by Crippen LogP contribution is 2.31. The Bertz CT molecular complexity index is 487. The molecule has 0 aromatic heterocycles. The van der Waals surface area contributed by atoms with Gasteiger partial charge in [0.25, 0.3) is 0 Å². The second-order valence-electron chi connectivity index (χ2n) is 4.63. The maximum atomic E-state index is 9.08. The summed E-state index contributed by atoms with van der Waals surface area (Å²) in [4.78, 5) is 0. The first-order chi connectivity index (χ1) is 9.86. The van der Waals surface area contributed by atoms with Crippen LogP contribution in [0.5, 0.6) is 0 Å². The second kappa shape index (κ2) is 7.80. The lowest BCUT2D eigenvalue weighted by atomic mass is 9.95. The molecule has 2 unspecified atom stereocenters. The number of ether oxygens (including phenoxy) is 1. The first-order valence-corrected chi connectivity index (χ1v) is 6.83. The van der Waals surface area contributed by atoms with Crippen molar-refractivity contribution in [3.63, 3.8) is 0 Å². The molecule has 0 fully saturated rings. The zero-order valence-corrected chi connectivity index (χ0v) is 11.7. The molecule has 0 aliphatic heterocycles. The highest BCUT2D eigenvalue weighted by Gasteiger charge is 2.23. The third-order valence-corrected chi connectivity index (χ3v) is 3.32. The van der Waals surface area contributed by atoms with Gasteiger partial charge in [0.15, 0.2) is 0 Å². The predicted octanol–water partition coefficient (Wildman–Crippen LogP) is 2.70. The third-order valence-electron chi connectivity index (χ3n) is 3.32. The normalized spacial score (nSPS) is 13.9. The van der Waals surface area contributed by atoms with Gasteiger partial charge in [-0.25, -0.2) is 0 Å². The van der Waals surface area contributed by atoms with Crippen LogP contribution < -0.4 is 5.32 Å². The molecule has 2 N–H and O–H groups in total. The minimum Gasteiger partial charge on any atom is -0.395 e. The summed E-state index contributed by atoms with van der Waals surface area (Å²) in [5.41, 5.74) is 2.27. The number of nitrogens with one attached hydrogen (secondary N) is 1. The number of rotatable bonds is 7. The smallest absolute Gasteiger partial charge is 0.102 e. The van der Waals surface area contributed by atoms with E-state index >= 15 is 0 Å². The van der Waals surface area contributed by atoms with Crippen molar-refractivity contribution in [1.82, 2.24) is 5.32 Å². The van der Waals surface area contributed by atoms with Crippen molar-refractivity contribution in [1.29, 1.82) is 0 Å². The largest absolute Gasteiger partial charge is 0.395 e. The Hall–Kier alpha value is -1.68. The fourth-order valence-electron chi connectivity index (χ4n) is 2.39. The Balaban J connectivity index is 2.29. The molecule has 0 radical (unpaired) electrons. The maximum Gasteiger partial charge on any atom is 0.102 e. The van der Waals surface area contributed by atoms with Crippen molar-refractivity contribution in [3.8, 4) is 0 Å². The highest BCUT2D eigenvalue weighted by atomic mass is 16.5. The maximum absolute atomic E-state index is 9.08. The van der Waals surface area contributed by atoms with Crippen molar-refractivity contribution in [2.75, 3.05) is 20.3 Å². The lowest BCUT2D eigenvalue weighted by Gasteiger charge is -2.28. The van der Waals surface area contributed by atoms with E-state index in [2.05, 4.69) is 29.6 Å². The monoisotopic (exact) mass is 271 g/mol. The zero-order chi connectivity index (χ0) is 14.2. The number of aliphatic hydroxyl groups excluding tert-OH is 1. The summed E-state index contributed by atoms with van der Waals surface area (Å²) >= 11 is 0. The summed E-state index contributed by atoms with van der Waals surface area (Å²) in [6.07, 6.45) is -0.0925. The number of benzene rings is 2. The van der Waals surface area contributed by atoms with Crippen LogP contribution in [0.15, 0.2) is 60.7 Å². The minimum absolute atomic E-state index is 0.00995. The molecular weight excluding hydrogens is 250 g/mol. The van der Waals surface area contributed by atoms with E-state index < -0.39 is 0 Å². The highest BCUT2D eigenvalue weighted by molar-refractivity contribution is 5.26. The van der Waals surface area contributed by atoms with Gasteiger partial charge in [-0.1, -0.05) is 60.7 Å². The van der Waals surface area contributed by atoms with E-state index in [1.54, 1.807) is 7.11 Å². The Kier molecular flexibility index (Phi) is 5.74. The number of methoxy groups -OCH3 is 1. The van der Waals surface area contributed by atoms with Crippen LogP contribution in [0, 0.1) is 0 Å². The molecule has 106 valence electrons. The molecule has 2 aromatic rings. The molecule has 3 nitrogen and oxygen atoms in total. The molecule has 20 heavy (non-hydrogen) atoms. The second-order valence-corrected chi connectivity index (χ2v) is 4.63. The minimum atomic E-state index is -0.0925. The fourth-order valence-corrected chi connectivity index (χ4v) is 2.39. The Labute approximate surface area is 120 Å². The van der Waals surface area contributed by atoms with E-state index in [1.807, 2.05) is 36.4 Å². The molecule has 0 bridgehead atoms. The number of hydrogen-bond donors (Lipinski definition) is 2. The van der Waals surface area contributed by atoms with Gasteiger partial charge in [-0.15, -0.1) is 0 Å². The van der Waals surface area contributed by atoms with Gasteiger partial charge in [-0.2, -0.15) is 0 Å². The van der Waals surface area contributed by atoms with Crippen molar-refractivity contribution in [2.45, 2.75) is 12.1 Å². The molecule has 2 rings (SSSR count). The lowest BCUT2D eigenvalue weighted by molar-refractivity contribution is 0.0657. The van der Waals surface area contributed by atoms with Gasteiger partial charge in [0.1, 0.15) is 6.10 Å². The topological polar surface area (TPSA) is 41.5 Å². The van der Waals surface area contributed by atoms with E-state index in [9.17, 15) is 0 Å². The third kappa shape index (κ3) is 3.67. The average Bonchev–Trinajstić information content (AvgIpc) is 2.53. The van der Waals surface area contributed by atoms with Gasteiger partial charge in [-0.3, -0.25) is 0 Å². The molecule has 2 atom stereocenters. The summed E-state index contributed by atoms with van der Waals surface area (Å²) < 4.78 is 5.71. The van der Waals surface area contributed by atoms with Gasteiger partial charge in [-0.05, 0) is 11.1 Å². The van der Waals surface area contributed by atoms with Crippen molar-refractivity contribution in [3.05, 3.63) is 71.8 Å². The van der Waals surface area contributed by atoms with E-state index in [0.717, 1.165) is 11.1 Å². The molecule has 2 aromatic carbocycles. The number of hydrogen-bond acceptors (Lipinski definition) is 3. The summed E-state index contributed by atoms with van der Waals surface area (Å²) in [6, 6.07) is 20.3. The quantitative estimate of drug-likeness (QED) is 0.813. The molecule has 0 amide bonds. The van der Waals surface area contributed by atoms with Gasteiger partial charge < -0.3 is 15.2 Å². The van der Waals surface area contributed by atoms with Crippen LogP contribution in [0.2, 0.25) is 0 Å². The standard InChI is InChI=1S/C17H21NO2/c1-20-17(15-10-6-3-7-11-15)16(18-12-13-19)14-8-4-2-5-9-14/h2-11,16-19H,12-13H2,1H3. The van der Waals surface area contributed by atoms with Gasteiger partial charge in [0, 0.05) is 13.7 Å². The summed E-state index contributed by atoms with van der Waals surface area (Å²) in [5, 5.41) is 12.4. The summed E-state index contributed by atoms with van der Waals surface area (Å²) in [7, 11) is 1.72. The Morgan fingerprint density at radius 2 is 1.50 bits per heavy atom. The van der Waals surface area contributed by atoms with Crippen LogP contribution >= 0.6 is 0 Å². The van der Waals surface area contributed by atoms with Crippen LogP contribution in [0.1, 0.15) is 23.3 Å². The van der Waals surface area contributed by atoms with Crippen molar-refractivity contribution in [2.24, 2.45) is 0 Å². The molecule has 0 aliphatic rings. The SMILES string of the molecule is COC(c1ccccc1)C(NCCO)c1ccccc1. The van der Waals surface area contributed by atoms with Crippen LogP contribution in [-0.2, 0) is 4.74 Å². The number of aliphatic hydroxyl groups is 1. The van der Waals surface area contributed by atoms with E-state index in [1.165, 1.54) is 0 Å². The van der Waals surface area contributed by atoms with Crippen LogP contribution in [-0.4, -0.2) is 25.4 Å².